The number of hydrogen-bond acceptors (Lipinski definition) is 5. The van der Waals surface area contributed by atoms with Gasteiger partial charge in [-0.15, -0.1) is 0 Å². The Morgan fingerprint density at radius 1 is 1.39 bits per heavy atom. The highest BCUT2D eigenvalue weighted by Gasteiger charge is 2.42. The molecule has 28 heavy (non-hydrogen) atoms. The molecule has 1 atom stereocenters. The summed E-state index contributed by atoms with van der Waals surface area (Å²) in [4.78, 5) is 17.8. The Morgan fingerprint density at radius 3 is 2.96 bits per heavy atom. The second kappa shape index (κ2) is 6.84. The van der Waals surface area contributed by atoms with E-state index in [-0.39, 0.29) is 6.01 Å². The summed E-state index contributed by atoms with van der Waals surface area (Å²) in [5.41, 5.74) is -0.241. The predicted molar refractivity (Wildman–Crippen MR) is 96.2 cm³/mol. The molecule has 0 bridgehead atoms. The van der Waals surface area contributed by atoms with Gasteiger partial charge in [-0.25, -0.2) is 0 Å². The van der Waals surface area contributed by atoms with Crippen LogP contribution in [-0.2, 0) is 6.18 Å². The molecular weight excluding hydrogens is 375 g/mol. The zero-order valence-corrected chi connectivity index (χ0v) is 15.0. The fraction of sp³-hybridized carbons (Fsp3) is 0.389. The first-order valence-electron chi connectivity index (χ1n) is 8.88. The third-order valence-electron chi connectivity index (χ3n) is 4.72. The number of hydrogen-bond donors (Lipinski definition) is 2. The van der Waals surface area contributed by atoms with E-state index in [2.05, 4.69) is 20.5 Å². The third kappa shape index (κ3) is 3.54. The van der Waals surface area contributed by atoms with Gasteiger partial charge in [-0.2, -0.15) is 23.3 Å². The maximum atomic E-state index is 13.4. The predicted octanol–water partition coefficient (Wildman–Crippen LogP) is 4.06. The Hall–Kier alpha value is -3.04. The molecule has 1 aromatic carbocycles. The summed E-state index contributed by atoms with van der Waals surface area (Å²) in [5, 5.41) is 9.79. The van der Waals surface area contributed by atoms with Gasteiger partial charge in [0.15, 0.2) is 5.69 Å². The second-order valence-corrected chi connectivity index (χ2v) is 6.99. The molecule has 1 fully saturated rings. The highest BCUT2D eigenvalue weighted by atomic mass is 19.4. The van der Waals surface area contributed by atoms with Crippen molar-refractivity contribution >= 4 is 28.5 Å². The van der Waals surface area contributed by atoms with Crippen LogP contribution in [0.1, 0.15) is 36.0 Å². The smallest absolute Gasteiger partial charge is 0.417 e. The minimum Gasteiger partial charge on any atom is -0.417 e. The molecule has 4 rings (SSSR count). The molecule has 3 heterocycles. The molecule has 0 radical (unpaired) electrons. The maximum absolute atomic E-state index is 13.4. The quantitative estimate of drug-likeness (QED) is 0.701. The third-order valence-corrected chi connectivity index (χ3v) is 4.72. The number of anilines is 2. The molecule has 1 aliphatic heterocycles. The van der Waals surface area contributed by atoms with Crippen molar-refractivity contribution in [3.8, 4) is 0 Å². The topological polar surface area (TPSA) is 87.0 Å². The fourth-order valence-corrected chi connectivity index (χ4v) is 3.36. The molecule has 1 unspecified atom stereocenters. The largest absolute Gasteiger partial charge is 0.437 e. The molecule has 10 heteroatoms. The number of carbonyl (C=O) groups is 1. The highest BCUT2D eigenvalue weighted by molar-refractivity contribution is 6.04. The number of amides is 1. The number of benzene rings is 1. The molecule has 3 aromatic rings. The van der Waals surface area contributed by atoms with Gasteiger partial charge in [-0.3, -0.25) is 9.89 Å². The number of H-pyrrole nitrogens is 1. The number of nitrogens with zero attached hydrogens (tertiary/aromatic N) is 3. The number of piperidine rings is 1. The van der Waals surface area contributed by atoms with E-state index in [9.17, 15) is 18.0 Å². The van der Waals surface area contributed by atoms with Crippen molar-refractivity contribution < 1.29 is 22.4 Å². The summed E-state index contributed by atoms with van der Waals surface area (Å²) in [7, 11) is 0. The lowest BCUT2D eigenvalue weighted by atomic mass is 10.0. The van der Waals surface area contributed by atoms with Crippen LogP contribution in [0.2, 0.25) is 0 Å². The summed E-state index contributed by atoms with van der Waals surface area (Å²) >= 11 is 0. The van der Waals surface area contributed by atoms with Crippen molar-refractivity contribution in [2.24, 2.45) is 5.92 Å². The Morgan fingerprint density at radius 2 is 2.21 bits per heavy atom. The number of halogens is 3. The molecule has 1 aliphatic rings. The van der Waals surface area contributed by atoms with Gasteiger partial charge in [0, 0.05) is 24.2 Å². The van der Waals surface area contributed by atoms with Crippen LogP contribution >= 0.6 is 0 Å². The van der Waals surface area contributed by atoms with Crippen molar-refractivity contribution in [2.75, 3.05) is 23.3 Å². The van der Waals surface area contributed by atoms with Crippen LogP contribution in [0.4, 0.5) is 24.9 Å². The monoisotopic (exact) mass is 393 g/mol. The Balaban J connectivity index is 1.63. The molecule has 1 amide bonds. The van der Waals surface area contributed by atoms with E-state index < -0.39 is 23.5 Å². The van der Waals surface area contributed by atoms with Crippen molar-refractivity contribution in [3.63, 3.8) is 0 Å². The van der Waals surface area contributed by atoms with Gasteiger partial charge in [0.25, 0.3) is 11.9 Å². The molecule has 2 N–H and O–H groups in total. The summed E-state index contributed by atoms with van der Waals surface area (Å²) in [6.07, 6.45) is -1.43. The van der Waals surface area contributed by atoms with Crippen molar-refractivity contribution in [1.29, 1.82) is 0 Å². The van der Waals surface area contributed by atoms with Gasteiger partial charge in [0.05, 0.1) is 11.7 Å². The first-order chi connectivity index (χ1) is 13.3. The molecule has 2 aromatic heterocycles. The molecule has 7 nitrogen and oxygen atoms in total. The Labute approximate surface area is 157 Å². The van der Waals surface area contributed by atoms with E-state index in [1.165, 1.54) is 0 Å². The zero-order valence-electron chi connectivity index (χ0n) is 15.0. The number of oxazole rings is 1. The van der Waals surface area contributed by atoms with E-state index >= 15 is 0 Å². The SMILES string of the molecule is CC1CCCN(c2nc(C(F)(F)F)c(C(=O)Nc3ccc4[nH]ncc4c3)o2)C1. The van der Waals surface area contributed by atoms with E-state index in [0.717, 1.165) is 23.7 Å². The molecular formula is C18H18F3N5O2. The van der Waals surface area contributed by atoms with Crippen LogP contribution in [0, 0.1) is 5.92 Å². The molecule has 148 valence electrons. The van der Waals surface area contributed by atoms with E-state index in [1.54, 1.807) is 29.3 Å². The summed E-state index contributed by atoms with van der Waals surface area (Å²) in [6.45, 7) is 3.09. The number of aromatic amines is 1. The van der Waals surface area contributed by atoms with Gasteiger partial charge < -0.3 is 14.6 Å². The minimum atomic E-state index is -4.80. The summed E-state index contributed by atoms with van der Waals surface area (Å²) < 4.78 is 45.6. The first-order valence-corrected chi connectivity index (χ1v) is 8.88. The van der Waals surface area contributed by atoms with Crippen LogP contribution in [0.25, 0.3) is 10.9 Å². The van der Waals surface area contributed by atoms with Gasteiger partial charge in [0.1, 0.15) is 0 Å². The van der Waals surface area contributed by atoms with Gasteiger partial charge >= 0.3 is 6.18 Å². The van der Waals surface area contributed by atoms with Gasteiger partial charge in [-0.05, 0) is 37.0 Å². The normalized spacial score (nSPS) is 17.9. The Kier molecular flexibility index (Phi) is 4.48. The number of rotatable bonds is 3. The average molecular weight is 393 g/mol. The molecule has 0 saturated carbocycles. The lowest BCUT2D eigenvalue weighted by molar-refractivity contribution is -0.141. The molecule has 0 aliphatic carbocycles. The van der Waals surface area contributed by atoms with Crippen LogP contribution in [0.3, 0.4) is 0 Å². The highest BCUT2D eigenvalue weighted by Crippen LogP contribution is 2.35. The molecule has 1 saturated heterocycles. The second-order valence-electron chi connectivity index (χ2n) is 6.99. The Bertz CT molecular complexity index is 1010. The van der Waals surface area contributed by atoms with Crippen molar-refractivity contribution in [1.82, 2.24) is 15.2 Å². The van der Waals surface area contributed by atoms with Crippen LogP contribution in [0.15, 0.2) is 28.8 Å². The first kappa shape index (κ1) is 18.3. The van der Waals surface area contributed by atoms with Crippen LogP contribution in [-0.4, -0.2) is 34.2 Å². The average Bonchev–Trinajstić information content (AvgIpc) is 3.28. The summed E-state index contributed by atoms with van der Waals surface area (Å²) in [5.74, 6) is -1.53. The van der Waals surface area contributed by atoms with Crippen LogP contribution in [0.5, 0.6) is 0 Å². The van der Waals surface area contributed by atoms with Crippen molar-refractivity contribution in [3.05, 3.63) is 35.9 Å². The van der Waals surface area contributed by atoms with Crippen molar-refractivity contribution in [2.45, 2.75) is 25.9 Å². The zero-order chi connectivity index (χ0) is 19.9. The van der Waals surface area contributed by atoms with E-state index in [4.69, 9.17) is 4.42 Å². The van der Waals surface area contributed by atoms with Gasteiger partial charge in [-0.1, -0.05) is 6.92 Å². The van der Waals surface area contributed by atoms with Gasteiger partial charge in [0.2, 0.25) is 5.76 Å². The maximum Gasteiger partial charge on any atom is 0.437 e. The number of nitrogens with one attached hydrogen (secondary N) is 2. The molecule has 0 spiro atoms. The minimum absolute atomic E-state index is 0.172. The fourth-order valence-electron chi connectivity index (χ4n) is 3.36. The number of aromatic nitrogens is 3. The summed E-state index contributed by atoms with van der Waals surface area (Å²) in [6, 6.07) is 4.67. The van der Waals surface area contributed by atoms with E-state index in [0.29, 0.717) is 24.7 Å². The lowest BCUT2D eigenvalue weighted by Gasteiger charge is -2.29. The standard InChI is InChI=1S/C18H18F3N5O2/c1-10-3-2-6-26(9-10)17-24-15(18(19,20)21)14(28-17)16(27)23-12-4-5-13-11(7-12)8-22-25-13/h4-5,7-8,10H,2-3,6,9H2,1H3,(H,22,25)(H,23,27). The number of carbonyl (C=O) groups excluding carboxylic acids is 1. The lowest BCUT2D eigenvalue weighted by Crippen LogP contribution is -2.34. The number of fused-ring (bicyclic) bond motifs is 1. The van der Waals surface area contributed by atoms with Crippen LogP contribution < -0.4 is 10.2 Å². The van der Waals surface area contributed by atoms with E-state index in [1.807, 2.05) is 6.92 Å². The number of alkyl halides is 3.